The topological polar surface area (TPSA) is 21.8 Å². The second-order valence-corrected chi connectivity index (χ2v) is 12.8. The van der Waals surface area contributed by atoms with Crippen LogP contribution < -0.4 is 5.19 Å². The average molecular weight is 266 g/mol. The van der Waals surface area contributed by atoms with Gasteiger partial charge in [0.25, 0.3) is 0 Å². The molecule has 1 aromatic rings. The molecule has 0 aromatic heterocycles. The third-order valence-electron chi connectivity index (χ3n) is 2.87. The second kappa shape index (κ2) is 5.06. The molecule has 1 aliphatic heterocycles. The van der Waals surface area contributed by atoms with Crippen molar-refractivity contribution in [3.05, 3.63) is 29.8 Å². The lowest BCUT2D eigenvalue weighted by atomic mass is 10.1. The molecular formula is C13H22O2Si2. The van der Waals surface area contributed by atoms with Gasteiger partial charge in [0.1, 0.15) is 0 Å². The van der Waals surface area contributed by atoms with Crippen molar-refractivity contribution in [1.82, 2.24) is 0 Å². The molecule has 0 spiro atoms. The molecule has 2 rings (SSSR count). The van der Waals surface area contributed by atoms with E-state index < -0.39 is 17.4 Å². The molecule has 4 heteroatoms. The summed E-state index contributed by atoms with van der Waals surface area (Å²) in [7, 11) is -2.67. The summed E-state index contributed by atoms with van der Waals surface area (Å²) in [4.78, 5) is 0. The van der Waals surface area contributed by atoms with Crippen LogP contribution in [0.25, 0.3) is 0 Å². The fourth-order valence-electron chi connectivity index (χ4n) is 2.14. The third kappa shape index (κ3) is 4.06. The molecule has 1 heterocycles. The quantitative estimate of drug-likeness (QED) is 0.601. The van der Waals surface area contributed by atoms with Gasteiger partial charge in [0.15, 0.2) is 17.4 Å². The molecule has 0 radical (unpaired) electrons. The van der Waals surface area contributed by atoms with Crippen molar-refractivity contribution in [1.29, 1.82) is 0 Å². The monoisotopic (exact) mass is 266 g/mol. The molecule has 0 aliphatic carbocycles. The second-order valence-electron chi connectivity index (χ2n) is 5.73. The van der Waals surface area contributed by atoms with Crippen LogP contribution in [0, 0.1) is 0 Å². The number of epoxide rings is 1. The number of hydrogen-bond donors (Lipinski definition) is 0. The van der Waals surface area contributed by atoms with Gasteiger partial charge in [0.05, 0.1) is 12.7 Å². The van der Waals surface area contributed by atoms with E-state index in [4.69, 9.17) is 8.85 Å². The Balaban J connectivity index is 2.12. The van der Waals surface area contributed by atoms with Crippen LogP contribution in [0.15, 0.2) is 24.3 Å². The van der Waals surface area contributed by atoms with E-state index in [0.29, 0.717) is 6.10 Å². The summed E-state index contributed by atoms with van der Waals surface area (Å²) in [5, 5.41) is 1.46. The van der Waals surface area contributed by atoms with E-state index >= 15 is 0 Å². The van der Waals surface area contributed by atoms with Gasteiger partial charge < -0.3 is 8.85 Å². The van der Waals surface area contributed by atoms with E-state index in [1.54, 1.807) is 0 Å². The zero-order valence-electron chi connectivity index (χ0n) is 11.2. The largest absolute Gasteiger partial charge is 0.455 e. The highest BCUT2D eigenvalue weighted by atomic mass is 28.4. The van der Waals surface area contributed by atoms with Crippen molar-refractivity contribution in [2.24, 2.45) is 0 Å². The zero-order chi connectivity index (χ0) is 12.5. The van der Waals surface area contributed by atoms with Gasteiger partial charge in [-0.05, 0) is 36.9 Å². The maximum atomic E-state index is 6.30. The molecule has 94 valence electrons. The smallest absolute Gasteiger partial charge is 0.192 e. The third-order valence-corrected chi connectivity index (χ3v) is 8.56. The van der Waals surface area contributed by atoms with E-state index in [9.17, 15) is 0 Å². The Labute approximate surface area is 107 Å². The molecular weight excluding hydrogens is 244 g/mol. The van der Waals surface area contributed by atoms with Crippen molar-refractivity contribution < 1.29 is 8.85 Å². The minimum atomic E-state index is -1.42. The Morgan fingerprint density at radius 2 is 2.00 bits per heavy atom. The minimum Gasteiger partial charge on any atom is -0.455 e. The molecule has 1 fully saturated rings. The normalized spacial score (nSPS) is 21.3. The van der Waals surface area contributed by atoms with Gasteiger partial charge in [-0.2, -0.15) is 0 Å². The molecule has 17 heavy (non-hydrogen) atoms. The SMILES string of the molecule is C[SiH](O[Si](C)(C)C)c1ccccc1CC1CO1. The summed E-state index contributed by atoms with van der Waals surface area (Å²) in [5.74, 6) is 0. The van der Waals surface area contributed by atoms with Gasteiger partial charge >= 0.3 is 0 Å². The lowest BCUT2D eigenvalue weighted by molar-refractivity contribution is 0.408. The Morgan fingerprint density at radius 3 is 2.59 bits per heavy atom. The van der Waals surface area contributed by atoms with Crippen molar-refractivity contribution in [3.63, 3.8) is 0 Å². The fourth-order valence-corrected chi connectivity index (χ4v) is 8.01. The molecule has 0 amide bonds. The number of rotatable bonds is 5. The maximum absolute atomic E-state index is 6.30. The fraction of sp³-hybridized carbons (Fsp3) is 0.538. The predicted octanol–water partition coefficient (Wildman–Crippen LogP) is 2.04. The molecule has 1 saturated heterocycles. The molecule has 0 bridgehead atoms. The first-order valence-electron chi connectivity index (χ1n) is 6.33. The first-order valence-corrected chi connectivity index (χ1v) is 11.9. The van der Waals surface area contributed by atoms with E-state index in [-0.39, 0.29) is 0 Å². The summed E-state index contributed by atoms with van der Waals surface area (Å²) < 4.78 is 11.6. The number of hydrogen-bond acceptors (Lipinski definition) is 2. The van der Waals surface area contributed by atoms with Crippen LogP contribution in [0.2, 0.25) is 26.2 Å². The van der Waals surface area contributed by atoms with Crippen LogP contribution in [-0.2, 0) is 15.3 Å². The Hall–Kier alpha value is -0.426. The summed E-state index contributed by atoms with van der Waals surface area (Å²) in [5.41, 5.74) is 1.44. The summed E-state index contributed by atoms with van der Waals surface area (Å²) in [6, 6.07) is 8.73. The highest BCUT2D eigenvalue weighted by Crippen LogP contribution is 2.16. The standard InChI is InChI=1S/C13H22O2Si2/c1-16(15-17(2,3)4)13-8-6-5-7-11(13)9-12-10-14-12/h5-8,12,16H,9-10H2,1-4H3. The summed E-state index contributed by atoms with van der Waals surface area (Å²) >= 11 is 0. The first kappa shape index (κ1) is 13.0. The lowest BCUT2D eigenvalue weighted by Crippen LogP contribution is -2.42. The van der Waals surface area contributed by atoms with Gasteiger partial charge in [-0.1, -0.05) is 24.3 Å². The van der Waals surface area contributed by atoms with Crippen LogP contribution >= 0.6 is 0 Å². The van der Waals surface area contributed by atoms with Crippen molar-refractivity contribution in [2.45, 2.75) is 38.7 Å². The molecule has 1 aromatic carbocycles. The minimum absolute atomic E-state index is 0.462. The van der Waals surface area contributed by atoms with Crippen molar-refractivity contribution >= 4 is 22.5 Å². The molecule has 2 nitrogen and oxygen atoms in total. The van der Waals surface area contributed by atoms with Crippen LogP contribution in [-0.4, -0.2) is 30.1 Å². The van der Waals surface area contributed by atoms with E-state index in [2.05, 4.69) is 50.5 Å². The van der Waals surface area contributed by atoms with Crippen molar-refractivity contribution in [3.8, 4) is 0 Å². The number of benzene rings is 1. The Bertz CT molecular complexity index is 383. The van der Waals surface area contributed by atoms with Gasteiger partial charge in [0.2, 0.25) is 0 Å². The van der Waals surface area contributed by atoms with E-state index in [1.807, 2.05) is 0 Å². The number of ether oxygens (including phenoxy) is 1. The van der Waals surface area contributed by atoms with E-state index in [0.717, 1.165) is 13.0 Å². The maximum Gasteiger partial charge on any atom is 0.192 e. The lowest BCUT2D eigenvalue weighted by Gasteiger charge is -2.24. The molecule has 0 N–H and O–H groups in total. The molecule has 2 unspecified atom stereocenters. The van der Waals surface area contributed by atoms with Crippen LogP contribution in [0.5, 0.6) is 0 Å². The predicted molar refractivity (Wildman–Crippen MR) is 77.0 cm³/mol. The van der Waals surface area contributed by atoms with E-state index in [1.165, 1.54) is 10.8 Å². The van der Waals surface area contributed by atoms with Gasteiger partial charge in [-0.15, -0.1) is 0 Å². The Morgan fingerprint density at radius 1 is 1.35 bits per heavy atom. The highest BCUT2D eigenvalue weighted by Gasteiger charge is 2.26. The Kier molecular flexibility index (Phi) is 3.87. The average Bonchev–Trinajstić information content (AvgIpc) is 3.00. The molecule has 0 saturated carbocycles. The highest BCUT2D eigenvalue weighted by molar-refractivity contribution is 6.81. The van der Waals surface area contributed by atoms with Crippen LogP contribution in [0.4, 0.5) is 0 Å². The summed E-state index contributed by atoms with van der Waals surface area (Å²) in [6.45, 7) is 10.0. The van der Waals surface area contributed by atoms with Crippen LogP contribution in [0.1, 0.15) is 5.56 Å². The van der Waals surface area contributed by atoms with Gasteiger partial charge in [-0.3, -0.25) is 0 Å². The molecule has 1 aliphatic rings. The first-order chi connectivity index (χ1) is 7.96. The zero-order valence-corrected chi connectivity index (χ0v) is 13.3. The summed E-state index contributed by atoms with van der Waals surface area (Å²) in [6.07, 6.45) is 1.52. The van der Waals surface area contributed by atoms with Crippen LogP contribution in [0.3, 0.4) is 0 Å². The van der Waals surface area contributed by atoms with Crippen molar-refractivity contribution in [2.75, 3.05) is 6.61 Å². The van der Waals surface area contributed by atoms with Gasteiger partial charge in [0, 0.05) is 6.42 Å². The van der Waals surface area contributed by atoms with Gasteiger partial charge in [-0.25, -0.2) is 0 Å². The molecule has 2 atom stereocenters.